The number of nitrogens with one attached hydrogen (secondary N) is 1. The molecule has 0 radical (unpaired) electrons. The topological polar surface area (TPSA) is 84.3 Å². The van der Waals surface area contributed by atoms with E-state index in [0.29, 0.717) is 36.7 Å². The summed E-state index contributed by atoms with van der Waals surface area (Å²) in [6.07, 6.45) is 4.36. The van der Waals surface area contributed by atoms with Crippen LogP contribution in [0.4, 0.5) is 0 Å². The van der Waals surface area contributed by atoms with Gasteiger partial charge < -0.3 is 9.88 Å². The maximum atomic E-state index is 12.6. The Kier molecular flexibility index (Phi) is 6.87. The Balaban J connectivity index is 1.75. The molecule has 1 fully saturated rings. The van der Waals surface area contributed by atoms with Crippen molar-refractivity contribution < 1.29 is 13.2 Å². The van der Waals surface area contributed by atoms with Crippen molar-refractivity contribution in [3.05, 3.63) is 24.0 Å². The zero-order valence-electron chi connectivity index (χ0n) is 18.7. The minimum atomic E-state index is -3.51. The van der Waals surface area contributed by atoms with E-state index in [4.69, 9.17) is 0 Å². The number of hydrogen-bond donors (Lipinski definition) is 1. The third-order valence-electron chi connectivity index (χ3n) is 6.52. The number of rotatable bonds is 7. The largest absolute Gasteiger partial charge is 0.353 e. The van der Waals surface area contributed by atoms with Gasteiger partial charge in [-0.05, 0) is 43.4 Å². The lowest BCUT2D eigenvalue weighted by Gasteiger charge is -2.34. The fraction of sp³-hybridized carbons (Fsp3) is 0.636. The highest BCUT2D eigenvalue weighted by atomic mass is 32.2. The van der Waals surface area contributed by atoms with Crippen molar-refractivity contribution in [1.29, 1.82) is 0 Å². The minimum absolute atomic E-state index is 0.0616. The lowest BCUT2D eigenvalue weighted by molar-refractivity contribution is -0.122. The number of hydrogen-bond acceptors (Lipinski definition) is 4. The van der Waals surface area contributed by atoms with E-state index in [1.165, 1.54) is 31.2 Å². The van der Waals surface area contributed by atoms with Crippen LogP contribution in [0.1, 0.15) is 52.3 Å². The van der Waals surface area contributed by atoms with Gasteiger partial charge in [0.05, 0.1) is 15.9 Å². The molecule has 166 valence electrons. The van der Waals surface area contributed by atoms with E-state index in [1.54, 1.807) is 18.2 Å². The zero-order valence-corrected chi connectivity index (χ0v) is 19.5. The molecule has 1 aromatic heterocycles. The first-order valence-electron chi connectivity index (χ1n) is 10.9. The second-order valence-corrected chi connectivity index (χ2v) is 10.8. The summed E-state index contributed by atoms with van der Waals surface area (Å²) in [5.41, 5.74) is 1.53. The number of aryl methyl sites for hydroxylation is 2. The molecule has 7 nitrogen and oxygen atoms in total. The van der Waals surface area contributed by atoms with E-state index < -0.39 is 10.0 Å². The molecule has 3 rings (SSSR count). The second kappa shape index (κ2) is 9.06. The van der Waals surface area contributed by atoms with Gasteiger partial charge in [-0.2, -0.15) is 0 Å². The van der Waals surface area contributed by atoms with Gasteiger partial charge in [0.1, 0.15) is 5.82 Å². The molecule has 1 amide bonds. The van der Waals surface area contributed by atoms with Gasteiger partial charge in [-0.15, -0.1) is 0 Å². The number of fused-ring (bicyclic) bond motifs is 1. The number of sulfonamides is 1. The smallest absolute Gasteiger partial charge is 0.242 e. The van der Waals surface area contributed by atoms with Gasteiger partial charge in [0, 0.05) is 39.5 Å². The van der Waals surface area contributed by atoms with E-state index in [0.717, 1.165) is 17.8 Å². The number of carbonyl (C=O) groups excluding carboxylic acids is 1. The van der Waals surface area contributed by atoms with E-state index in [9.17, 15) is 13.2 Å². The van der Waals surface area contributed by atoms with Crippen LogP contribution in [0.3, 0.4) is 0 Å². The highest BCUT2D eigenvalue weighted by Crippen LogP contribution is 2.29. The zero-order chi connectivity index (χ0) is 22.1. The van der Waals surface area contributed by atoms with Crippen molar-refractivity contribution >= 4 is 27.0 Å². The van der Waals surface area contributed by atoms with Crippen molar-refractivity contribution in [2.45, 2.75) is 70.4 Å². The van der Waals surface area contributed by atoms with Crippen LogP contribution in [-0.2, 0) is 27.8 Å². The van der Waals surface area contributed by atoms with Gasteiger partial charge in [-0.3, -0.25) is 4.79 Å². The van der Waals surface area contributed by atoms with E-state index >= 15 is 0 Å². The lowest BCUT2D eigenvalue weighted by atomic mass is 9.78. The second-order valence-electron chi connectivity index (χ2n) is 8.65. The molecule has 1 aliphatic carbocycles. The average Bonchev–Trinajstić information content (AvgIpc) is 3.06. The van der Waals surface area contributed by atoms with Crippen LogP contribution in [0, 0.1) is 11.8 Å². The van der Waals surface area contributed by atoms with Crippen LogP contribution < -0.4 is 5.32 Å². The summed E-state index contributed by atoms with van der Waals surface area (Å²) in [4.78, 5) is 17.5. The average molecular weight is 435 g/mol. The molecule has 1 aromatic carbocycles. The van der Waals surface area contributed by atoms with Gasteiger partial charge >= 0.3 is 0 Å². The SMILES string of the molecule is CCn1c(CCC(=O)N[C@@H]2CCC[C@@H](C)[C@@H]2C)nc2cc(S(=O)(=O)N(C)C)ccc21. The summed E-state index contributed by atoms with van der Waals surface area (Å²) in [5.74, 6) is 2.01. The Morgan fingerprint density at radius 1 is 1.27 bits per heavy atom. The Labute approximate surface area is 179 Å². The number of benzene rings is 1. The third-order valence-corrected chi connectivity index (χ3v) is 8.33. The van der Waals surface area contributed by atoms with E-state index in [2.05, 4.69) is 28.7 Å². The van der Waals surface area contributed by atoms with Crippen LogP contribution >= 0.6 is 0 Å². The quantitative estimate of drug-likeness (QED) is 0.725. The molecule has 0 saturated heterocycles. The molecule has 1 aliphatic rings. The van der Waals surface area contributed by atoms with Crippen molar-refractivity contribution in [3.8, 4) is 0 Å². The van der Waals surface area contributed by atoms with E-state index in [1.807, 2.05) is 6.92 Å². The fourth-order valence-electron chi connectivity index (χ4n) is 4.36. The van der Waals surface area contributed by atoms with Gasteiger partial charge in [0.2, 0.25) is 15.9 Å². The number of amides is 1. The Morgan fingerprint density at radius 2 is 2.00 bits per heavy atom. The summed E-state index contributed by atoms with van der Waals surface area (Å²) in [6, 6.07) is 5.29. The molecule has 1 saturated carbocycles. The van der Waals surface area contributed by atoms with Crippen LogP contribution in [0.5, 0.6) is 0 Å². The summed E-state index contributed by atoms with van der Waals surface area (Å²) in [7, 11) is -0.479. The van der Waals surface area contributed by atoms with E-state index in [-0.39, 0.29) is 16.8 Å². The number of imidazole rings is 1. The predicted molar refractivity (Wildman–Crippen MR) is 119 cm³/mol. The molecule has 0 bridgehead atoms. The number of carbonyl (C=O) groups is 1. The molecule has 1 N–H and O–H groups in total. The molecule has 0 aliphatic heterocycles. The highest BCUT2D eigenvalue weighted by molar-refractivity contribution is 7.89. The Morgan fingerprint density at radius 3 is 2.67 bits per heavy atom. The lowest BCUT2D eigenvalue weighted by Crippen LogP contribution is -2.43. The predicted octanol–water partition coefficient (Wildman–Crippen LogP) is 3.18. The van der Waals surface area contributed by atoms with Crippen molar-refractivity contribution in [3.63, 3.8) is 0 Å². The summed E-state index contributed by atoms with van der Waals surface area (Å²) >= 11 is 0. The first kappa shape index (κ1) is 22.7. The molecular formula is C22H34N4O3S. The Hall–Kier alpha value is -1.93. The van der Waals surface area contributed by atoms with Crippen molar-refractivity contribution in [1.82, 2.24) is 19.2 Å². The van der Waals surface area contributed by atoms with Crippen LogP contribution in [0.25, 0.3) is 11.0 Å². The summed E-state index contributed by atoms with van der Waals surface area (Å²) < 4.78 is 28.1. The first-order valence-corrected chi connectivity index (χ1v) is 12.3. The molecular weight excluding hydrogens is 400 g/mol. The monoisotopic (exact) mass is 434 g/mol. The molecule has 30 heavy (non-hydrogen) atoms. The van der Waals surface area contributed by atoms with Gasteiger partial charge in [-0.25, -0.2) is 17.7 Å². The maximum absolute atomic E-state index is 12.6. The normalized spacial score (nSPS) is 22.5. The van der Waals surface area contributed by atoms with Crippen molar-refractivity contribution in [2.24, 2.45) is 11.8 Å². The molecule has 3 atom stereocenters. The minimum Gasteiger partial charge on any atom is -0.353 e. The molecule has 0 spiro atoms. The first-order chi connectivity index (χ1) is 14.1. The standard InChI is InChI=1S/C22H34N4O3S/c1-6-26-20-11-10-17(30(28,29)25(4)5)14-19(20)23-21(26)12-13-22(27)24-18-9-7-8-15(2)16(18)3/h10-11,14-16,18H,6-9,12-13H2,1-5H3,(H,24,27)/t15-,16+,18-/m1/s1. The van der Waals surface area contributed by atoms with Gasteiger partial charge in [0.25, 0.3) is 0 Å². The van der Waals surface area contributed by atoms with Crippen LogP contribution in [0.15, 0.2) is 23.1 Å². The molecule has 2 aromatic rings. The van der Waals surface area contributed by atoms with Crippen LogP contribution in [-0.4, -0.2) is 48.3 Å². The third kappa shape index (κ3) is 4.54. The van der Waals surface area contributed by atoms with Crippen LogP contribution in [0.2, 0.25) is 0 Å². The van der Waals surface area contributed by atoms with Crippen molar-refractivity contribution in [2.75, 3.05) is 14.1 Å². The summed E-state index contributed by atoms with van der Waals surface area (Å²) in [5, 5.41) is 3.22. The Bertz CT molecular complexity index is 1010. The highest BCUT2D eigenvalue weighted by Gasteiger charge is 2.28. The van der Waals surface area contributed by atoms with Gasteiger partial charge in [0.15, 0.2) is 0 Å². The molecule has 8 heteroatoms. The maximum Gasteiger partial charge on any atom is 0.242 e. The number of nitrogens with zero attached hydrogens (tertiary/aromatic N) is 3. The molecule has 0 unspecified atom stereocenters. The molecule has 1 heterocycles. The fourth-order valence-corrected chi connectivity index (χ4v) is 5.29. The van der Waals surface area contributed by atoms with Gasteiger partial charge in [-0.1, -0.05) is 26.7 Å². The number of aromatic nitrogens is 2. The summed E-state index contributed by atoms with van der Waals surface area (Å²) in [6.45, 7) is 7.23.